The van der Waals surface area contributed by atoms with Gasteiger partial charge in [-0.15, -0.1) is 0 Å². The predicted octanol–water partition coefficient (Wildman–Crippen LogP) is 3.84. The summed E-state index contributed by atoms with van der Waals surface area (Å²) in [5, 5.41) is 2.26. The Morgan fingerprint density at radius 2 is 1.81 bits per heavy atom. The minimum Gasteiger partial charge on any atom is -0.459 e. The van der Waals surface area contributed by atoms with Gasteiger partial charge in [0.05, 0.1) is 11.2 Å². The molecule has 8 nitrogen and oxygen atoms in total. The number of furan rings is 1. The fourth-order valence-electron chi connectivity index (χ4n) is 4.35. The van der Waals surface area contributed by atoms with Crippen LogP contribution >= 0.6 is 11.8 Å². The van der Waals surface area contributed by atoms with E-state index < -0.39 is 34.8 Å². The predicted molar refractivity (Wildman–Crippen MR) is 135 cm³/mol. The SMILES string of the molecule is O=C(NCCN1C(=O)S/C(=C\c2ccccc2F)C1=O)[C@@H]1Cc2ccccc2CN1C(=O)c1ccco1. The Bertz CT molecular complexity index is 1400. The van der Waals surface area contributed by atoms with Crippen LogP contribution in [0.4, 0.5) is 9.18 Å². The number of thioether (sulfide) groups is 1. The van der Waals surface area contributed by atoms with E-state index in [9.17, 15) is 23.6 Å². The van der Waals surface area contributed by atoms with Crippen LogP contribution in [0.1, 0.15) is 27.2 Å². The molecule has 0 unspecified atom stereocenters. The summed E-state index contributed by atoms with van der Waals surface area (Å²) in [6.07, 6.45) is 3.06. The van der Waals surface area contributed by atoms with Gasteiger partial charge in [0.1, 0.15) is 11.9 Å². The van der Waals surface area contributed by atoms with Crippen molar-refractivity contribution in [3.05, 3.63) is 100 Å². The standard InChI is InChI=1S/C27H22FN3O5S/c28-20-9-4-3-7-18(20)15-23-26(34)30(27(35)37-23)12-11-29-24(32)21-14-17-6-1-2-8-19(17)16-31(21)25(33)22-10-5-13-36-22/h1-10,13,15,21H,11-12,14,16H2,(H,29,32)/b23-15-/t21-/m0/s1. The van der Waals surface area contributed by atoms with Crippen LogP contribution in [0.25, 0.3) is 6.08 Å². The Hall–Kier alpha value is -4.18. The van der Waals surface area contributed by atoms with E-state index in [2.05, 4.69) is 5.32 Å². The highest BCUT2D eigenvalue weighted by Gasteiger charge is 2.37. The third kappa shape index (κ3) is 5.05. The van der Waals surface area contributed by atoms with Gasteiger partial charge in [-0.2, -0.15) is 0 Å². The lowest BCUT2D eigenvalue weighted by molar-refractivity contribution is -0.127. The second-order valence-corrected chi connectivity index (χ2v) is 9.54. The molecule has 0 aliphatic carbocycles. The van der Waals surface area contributed by atoms with Gasteiger partial charge >= 0.3 is 0 Å². The van der Waals surface area contributed by atoms with Gasteiger partial charge in [-0.3, -0.25) is 24.1 Å². The molecule has 188 valence electrons. The molecule has 37 heavy (non-hydrogen) atoms. The summed E-state index contributed by atoms with van der Waals surface area (Å²) in [6, 6.07) is 15.9. The maximum Gasteiger partial charge on any atom is 0.293 e. The highest BCUT2D eigenvalue weighted by molar-refractivity contribution is 8.18. The maximum atomic E-state index is 14.0. The molecule has 3 aromatic rings. The average Bonchev–Trinajstić information content (AvgIpc) is 3.53. The number of carbonyl (C=O) groups excluding carboxylic acids is 4. The minimum absolute atomic E-state index is 0.00474. The molecule has 0 radical (unpaired) electrons. The van der Waals surface area contributed by atoms with Crippen LogP contribution in [0.2, 0.25) is 0 Å². The van der Waals surface area contributed by atoms with Crippen LogP contribution in [-0.2, 0) is 22.6 Å². The molecular formula is C27H22FN3O5S. The average molecular weight is 520 g/mol. The van der Waals surface area contributed by atoms with Gasteiger partial charge in [0, 0.05) is 31.6 Å². The van der Waals surface area contributed by atoms with Crippen molar-refractivity contribution in [1.82, 2.24) is 15.1 Å². The van der Waals surface area contributed by atoms with E-state index in [-0.39, 0.29) is 35.9 Å². The third-order valence-corrected chi connectivity index (χ3v) is 7.15. The van der Waals surface area contributed by atoms with E-state index in [1.54, 1.807) is 18.2 Å². The number of nitrogens with zero attached hydrogens (tertiary/aromatic N) is 2. The molecule has 0 saturated carbocycles. The van der Waals surface area contributed by atoms with Gasteiger partial charge in [0.25, 0.3) is 17.1 Å². The maximum absolute atomic E-state index is 14.0. The number of benzene rings is 2. The fraction of sp³-hybridized carbons (Fsp3) is 0.185. The number of hydrogen-bond acceptors (Lipinski definition) is 6. The van der Waals surface area contributed by atoms with E-state index in [0.29, 0.717) is 6.42 Å². The normalized spacial score (nSPS) is 18.3. The lowest BCUT2D eigenvalue weighted by atomic mass is 9.93. The Morgan fingerprint density at radius 3 is 2.57 bits per heavy atom. The molecule has 2 aromatic carbocycles. The number of carbonyl (C=O) groups is 4. The molecule has 2 aliphatic heterocycles. The summed E-state index contributed by atoms with van der Waals surface area (Å²) in [6.45, 7) is 0.197. The molecule has 5 rings (SSSR count). The van der Waals surface area contributed by atoms with Crippen molar-refractivity contribution in [2.45, 2.75) is 19.0 Å². The second kappa shape index (κ2) is 10.4. The van der Waals surface area contributed by atoms with Crippen molar-refractivity contribution in [2.24, 2.45) is 0 Å². The van der Waals surface area contributed by atoms with Crippen molar-refractivity contribution < 1.29 is 28.0 Å². The molecule has 1 aromatic heterocycles. The van der Waals surface area contributed by atoms with Crippen molar-refractivity contribution in [2.75, 3.05) is 13.1 Å². The number of fused-ring (bicyclic) bond motifs is 1. The molecule has 1 atom stereocenters. The largest absolute Gasteiger partial charge is 0.459 e. The molecule has 1 fully saturated rings. The van der Waals surface area contributed by atoms with E-state index in [4.69, 9.17) is 4.42 Å². The molecule has 3 heterocycles. The third-order valence-electron chi connectivity index (χ3n) is 6.24. The van der Waals surface area contributed by atoms with Gasteiger partial charge in [0.2, 0.25) is 5.91 Å². The molecule has 0 bridgehead atoms. The lowest BCUT2D eigenvalue weighted by Gasteiger charge is -2.35. The number of nitrogens with one attached hydrogen (secondary N) is 1. The summed E-state index contributed by atoms with van der Waals surface area (Å²) in [7, 11) is 0. The summed E-state index contributed by atoms with van der Waals surface area (Å²) in [5.74, 6) is -1.71. The monoisotopic (exact) mass is 519 g/mol. The molecule has 1 N–H and O–H groups in total. The van der Waals surface area contributed by atoms with Crippen LogP contribution in [0.15, 0.2) is 76.2 Å². The van der Waals surface area contributed by atoms with E-state index in [1.807, 2.05) is 24.3 Å². The molecule has 10 heteroatoms. The zero-order chi connectivity index (χ0) is 25.9. The first-order chi connectivity index (χ1) is 17.9. The second-order valence-electron chi connectivity index (χ2n) is 8.54. The van der Waals surface area contributed by atoms with Gasteiger partial charge < -0.3 is 14.6 Å². The Balaban J connectivity index is 1.25. The number of hydrogen-bond donors (Lipinski definition) is 1. The molecule has 2 aliphatic rings. The topological polar surface area (TPSA) is 99.9 Å². The highest BCUT2D eigenvalue weighted by Crippen LogP contribution is 2.32. The molecular weight excluding hydrogens is 497 g/mol. The Labute approximate surface area is 216 Å². The van der Waals surface area contributed by atoms with Gasteiger partial charge in [-0.25, -0.2) is 4.39 Å². The summed E-state index contributed by atoms with van der Waals surface area (Å²) >= 11 is 0.723. The lowest BCUT2D eigenvalue weighted by Crippen LogP contribution is -2.53. The summed E-state index contributed by atoms with van der Waals surface area (Å²) in [4.78, 5) is 54.0. The number of imide groups is 1. The van der Waals surface area contributed by atoms with Crippen LogP contribution in [-0.4, -0.2) is 51.9 Å². The van der Waals surface area contributed by atoms with Crippen LogP contribution in [0.3, 0.4) is 0 Å². The molecule has 0 spiro atoms. The first-order valence-electron chi connectivity index (χ1n) is 11.6. The fourth-order valence-corrected chi connectivity index (χ4v) is 5.20. The first-order valence-corrected chi connectivity index (χ1v) is 12.4. The van der Waals surface area contributed by atoms with Crippen molar-refractivity contribution in [3.63, 3.8) is 0 Å². The van der Waals surface area contributed by atoms with Crippen LogP contribution in [0, 0.1) is 5.82 Å². The number of rotatable bonds is 6. The van der Waals surface area contributed by atoms with Gasteiger partial charge in [-0.05, 0) is 47.2 Å². The van der Waals surface area contributed by atoms with Crippen LogP contribution in [0.5, 0.6) is 0 Å². The van der Waals surface area contributed by atoms with Crippen molar-refractivity contribution in [3.8, 4) is 0 Å². The Kier molecular flexibility index (Phi) is 6.91. The summed E-state index contributed by atoms with van der Waals surface area (Å²) in [5.41, 5.74) is 2.13. The van der Waals surface area contributed by atoms with E-state index >= 15 is 0 Å². The van der Waals surface area contributed by atoms with Crippen LogP contribution < -0.4 is 5.32 Å². The molecule has 1 saturated heterocycles. The van der Waals surface area contributed by atoms with Gasteiger partial charge in [0.15, 0.2) is 5.76 Å². The van der Waals surface area contributed by atoms with Crippen molar-refractivity contribution in [1.29, 1.82) is 0 Å². The highest BCUT2D eigenvalue weighted by atomic mass is 32.2. The van der Waals surface area contributed by atoms with E-state index in [0.717, 1.165) is 27.8 Å². The number of halogens is 1. The van der Waals surface area contributed by atoms with Crippen molar-refractivity contribution >= 4 is 40.8 Å². The zero-order valence-electron chi connectivity index (χ0n) is 19.6. The summed E-state index contributed by atoms with van der Waals surface area (Å²) < 4.78 is 19.2. The Morgan fingerprint density at radius 1 is 1.05 bits per heavy atom. The number of amides is 4. The molecule has 4 amide bonds. The van der Waals surface area contributed by atoms with E-state index in [1.165, 1.54) is 35.4 Å². The zero-order valence-corrected chi connectivity index (χ0v) is 20.4. The smallest absolute Gasteiger partial charge is 0.293 e. The van der Waals surface area contributed by atoms with Gasteiger partial charge in [-0.1, -0.05) is 42.5 Å². The first kappa shape index (κ1) is 24.5. The quantitative estimate of drug-likeness (QED) is 0.497. The minimum atomic E-state index is -0.789.